The van der Waals surface area contributed by atoms with E-state index in [-0.39, 0.29) is 23.5 Å². The van der Waals surface area contributed by atoms with Crippen LogP contribution in [0.4, 0.5) is 0 Å². The minimum absolute atomic E-state index is 0.0894. The van der Waals surface area contributed by atoms with E-state index in [4.69, 9.17) is 4.74 Å². The van der Waals surface area contributed by atoms with Crippen LogP contribution in [0.25, 0.3) is 10.9 Å². The Labute approximate surface area is 172 Å². The summed E-state index contributed by atoms with van der Waals surface area (Å²) < 4.78 is 5.81. The molecule has 0 spiro atoms. The summed E-state index contributed by atoms with van der Waals surface area (Å²) in [7, 11) is 0. The number of H-pyrrole nitrogens is 1. The molecule has 5 nitrogen and oxygen atoms in total. The summed E-state index contributed by atoms with van der Waals surface area (Å²) in [6.07, 6.45) is 7.52. The van der Waals surface area contributed by atoms with Gasteiger partial charge in [0.25, 0.3) is 5.56 Å². The van der Waals surface area contributed by atoms with Gasteiger partial charge in [-0.3, -0.25) is 9.59 Å². The van der Waals surface area contributed by atoms with Crippen LogP contribution in [0, 0.1) is 19.8 Å². The Morgan fingerprint density at radius 1 is 1.10 bits per heavy atom. The van der Waals surface area contributed by atoms with Crippen LogP contribution in [-0.4, -0.2) is 35.0 Å². The lowest BCUT2D eigenvalue weighted by Crippen LogP contribution is -2.42. The van der Waals surface area contributed by atoms with E-state index in [1.54, 1.807) is 0 Å². The van der Waals surface area contributed by atoms with Crippen molar-refractivity contribution in [3.63, 3.8) is 0 Å². The second-order valence-corrected chi connectivity index (χ2v) is 8.86. The molecule has 1 atom stereocenters. The zero-order valence-electron chi connectivity index (χ0n) is 17.6. The average Bonchev–Trinajstić information content (AvgIpc) is 3.22. The summed E-state index contributed by atoms with van der Waals surface area (Å²) in [4.78, 5) is 31.1. The third kappa shape index (κ3) is 4.55. The third-order valence-electron chi connectivity index (χ3n) is 6.45. The van der Waals surface area contributed by atoms with Gasteiger partial charge in [-0.1, -0.05) is 30.9 Å². The molecule has 4 rings (SSSR count). The highest BCUT2D eigenvalue weighted by Gasteiger charge is 2.29. The zero-order valence-corrected chi connectivity index (χ0v) is 17.6. The van der Waals surface area contributed by atoms with Gasteiger partial charge in [-0.25, -0.2) is 0 Å². The lowest BCUT2D eigenvalue weighted by atomic mass is 9.88. The van der Waals surface area contributed by atoms with Crippen LogP contribution in [0.2, 0.25) is 0 Å². The van der Waals surface area contributed by atoms with Gasteiger partial charge in [0.05, 0.1) is 18.2 Å². The number of aryl methyl sites for hydroxylation is 2. The van der Waals surface area contributed by atoms with E-state index in [9.17, 15) is 9.59 Å². The summed E-state index contributed by atoms with van der Waals surface area (Å²) in [6, 6.07) is 6.13. The number of pyridine rings is 1. The van der Waals surface area contributed by atoms with Crippen LogP contribution in [0.5, 0.6) is 0 Å². The first kappa shape index (κ1) is 20.1. The van der Waals surface area contributed by atoms with E-state index >= 15 is 0 Å². The number of hydrogen-bond acceptors (Lipinski definition) is 3. The number of amides is 1. The Bertz CT molecular complexity index is 937. The molecular formula is C24H32N2O3. The number of nitrogens with zero attached hydrogens (tertiary/aromatic N) is 1. The number of aromatic amines is 1. The fourth-order valence-electron chi connectivity index (χ4n) is 4.93. The lowest BCUT2D eigenvalue weighted by molar-refractivity contribution is -0.138. The molecule has 1 amide bonds. The van der Waals surface area contributed by atoms with E-state index in [2.05, 4.69) is 24.0 Å². The van der Waals surface area contributed by atoms with Crippen molar-refractivity contribution in [1.82, 2.24) is 9.88 Å². The van der Waals surface area contributed by atoms with Crippen molar-refractivity contribution in [3.8, 4) is 0 Å². The number of fused-ring (bicyclic) bond motifs is 1. The SMILES string of the molecule is Cc1cc(C)c2[nH]c(=O)c(CN(CC3CCCO3)C(=O)C3CCCCC3)cc2c1. The lowest BCUT2D eigenvalue weighted by Gasteiger charge is -2.31. The van der Waals surface area contributed by atoms with Gasteiger partial charge < -0.3 is 14.6 Å². The summed E-state index contributed by atoms with van der Waals surface area (Å²) in [5, 5.41) is 1.03. The number of nitrogens with one attached hydrogen (secondary N) is 1. The molecule has 0 bridgehead atoms. The Balaban J connectivity index is 1.62. The van der Waals surface area contributed by atoms with Gasteiger partial charge >= 0.3 is 0 Å². The molecule has 2 aliphatic rings. The maximum absolute atomic E-state index is 13.3. The quantitative estimate of drug-likeness (QED) is 0.822. The Morgan fingerprint density at radius 2 is 1.90 bits per heavy atom. The molecular weight excluding hydrogens is 364 g/mol. The van der Waals surface area contributed by atoms with Gasteiger partial charge in [-0.2, -0.15) is 0 Å². The Kier molecular flexibility index (Phi) is 6.04. The largest absolute Gasteiger partial charge is 0.376 e. The topological polar surface area (TPSA) is 62.4 Å². The molecule has 5 heteroatoms. The predicted molar refractivity (Wildman–Crippen MR) is 115 cm³/mol. The predicted octanol–water partition coefficient (Wildman–Crippen LogP) is 4.23. The number of rotatable bonds is 5. The molecule has 0 radical (unpaired) electrons. The molecule has 1 aliphatic carbocycles. The van der Waals surface area contributed by atoms with Crippen molar-refractivity contribution in [3.05, 3.63) is 45.2 Å². The molecule has 29 heavy (non-hydrogen) atoms. The van der Waals surface area contributed by atoms with Crippen LogP contribution >= 0.6 is 0 Å². The van der Waals surface area contributed by atoms with Crippen molar-refractivity contribution < 1.29 is 9.53 Å². The summed E-state index contributed by atoms with van der Waals surface area (Å²) in [5.41, 5.74) is 3.68. The maximum Gasteiger partial charge on any atom is 0.253 e. The zero-order chi connectivity index (χ0) is 20.4. The first-order chi connectivity index (χ1) is 14.0. The number of ether oxygens (including phenoxy) is 1. The maximum atomic E-state index is 13.3. The van der Waals surface area contributed by atoms with E-state index in [0.29, 0.717) is 18.7 Å². The number of hydrogen-bond donors (Lipinski definition) is 1. The molecule has 156 valence electrons. The number of benzene rings is 1. The Hall–Kier alpha value is -2.14. The first-order valence-electron chi connectivity index (χ1n) is 11.0. The highest BCUT2D eigenvalue weighted by molar-refractivity contribution is 5.83. The fourth-order valence-corrected chi connectivity index (χ4v) is 4.93. The summed E-state index contributed by atoms with van der Waals surface area (Å²) >= 11 is 0. The first-order valence-corrected chi connectivity index (χ1v) is 11.0. The van der Waals surface area contributed by atoms with Gasteiger partial charge in [0.1, 0.15) is 0 Å². The van der Waals surface area contributed by atoms with Crippen LogP contribution in [0.15, 0.2) is 23.0 Å². The average molecular weight is 397 g/mol. The fraction of sp³-hybridized carbons (Fsp3) is 0.583. The van der Waals surface area contributed by atoms with Gasteiger partial charge in [0.15, 0.2) is 0 Å². The summed E-state index contributed by atoms with van der Waals surface area (Å²) in [6.45, 7) is 5.78. The van der Waals surface area contributed by atoms with Gasteiger partial charge in [-0.15, -0.1) is 0 Å². The second kappa shape index (κ2) is 8.70. The van der Waals surface area contributed by atoms with E-state index in [0.717, 1.165) is 61.6 Å². The van der Waals surface area contributed by atoms with Gasteiger partial charge in [0.2, 0.25) is 5.91 Å². The van der Waals surface area contributed by atoms with E-state index < -0.39 is 0 Å². The monoisotopic (exact) mass is 396 g/mol. The van der Waals surface area contributed by atoms with Crippen molar-refractivity contribution in [2.75, 3.05) is 13.2 Å². The molecule has 2 heterocycles. The van der Waals surface area contributed by atoms with Crippen LogP contribution in [-0.2, 0) is 16.1 Å². The van der Waals surface area contributed by atoms with Crippen molar-refractivity contribution in [2.45, 2.75) is 71.4 Å². The van der Waals surface area contributed by atoms with Crippen LogP contribution in [0.3, 0.4) is 0 Å². The summed E-state index contributed by atoms with van der Waals surface area (Å²) in [5.74, 6) is 0.286. The molecule has 1 N–H and O–H groups in total. The highest BCUT2D eigenvalue weighted by atomic mass is 16.5. The minimum atomic E-state index is -0.0989. The van der Waals surface area contributed by atoms with Crippen molar-refractivity contribution >= 4 is 16.8 Å². The molecule has 1 aliphatic heterocycles. The van der Waals surface area contributed by atoms with Gasteiger partial charge in [-0.05, 0) is 62.6 Å². The minimum Gasteiger partial charge on any atom is -0.376 e. The third-order valence-corrected chi connectivity index (χ3v) is 6.45. The molecule has 2 aromatic rings. The molecule has 2 fully saturated rings. The smallest absolute Gasteiger partial charge is 0.253 e. The van der Waals surface area contributed by atoms with Crippen LogP contribution < -0.4 is 5.56 Å². The van der Waals surface area contributed by atoms with Crippen molar-refractivity contribution in [2.24, 2.45) is 5.92 Å². The second-order valence-electron chi connectivity index (χ2n) is 8.86. The highest BCUT2D eigenvalue weighted by Crippen LogP contribution is 2.27. The number of carbonyl (C=O) groups is 1. The van der Waals surface area contributed by atoms with Crippen molar-refractivity contribution in [1.29, 1.82) is 0 Å². The Morgan fingerprint density at radius 3 is 2.62 bits per heavy atom. The normalized spacial score (nSPS) is 20.3. The van der Waals surface area contributed by atoms with Crippen LogP contribution in [0.1, 0.15) is 61.6 Å². The molecule has 1 unspecified atom stereocenters. The standard InChI is InChI=1S/C24H32N2O3/c1-16-11-17(2)22-19(12-16)13-20(23(27)25-22)14-26(15-21-9-6-10-29-21)24(28)18-7-4-3-5-8-18/h11-13,18,21H,3-10,14-15H2,1-2H3,(H,25,27). The molecule has 1 aromatic carbocycles. The van der Waals surface area contributed by atoms with E-state index in [1.807, 2.05) is 17.9 Å². The molecule has 1 saturated carbocycles. The molecule has 1 aromatic heterocycles. The molecule has 1 saturated heterocycles. The van der Waals surface area contributed by atoms with E-state index in [1.165, 1.54) is 12.0 Å². The van der Waals surface area contributed by atoms with Gasteiger partial charge in [0, 0.05) is 24.6 Å². The number of aromatic nitrogens is 1. The number of carbonyl (C=O) groups excluding carboxylic acids is 1.